The van der Waals surface area contributed by atoms with Crippen LogP contribution in [0.5, 0.6) is 5.75 Å². The van der Waals surface area contributed by atoms with Crippen molar-refractivity contribution in [3.05, 3.63) is 89.8 Å². The van der Waals surface area contributed by atoms with Gasteiger partial charge in [-0.3, -0.25) is 4.98 Å². The molecule has 1 N–H and O–H groups in total. The molecule has 0 spiro atoms. The number of rotatable bonds is 4. The molecular formula is C28H30N4OS. The normalized spacial score (nSPS) is 21.1. The molecule has 6 heteroatoms. The molecule has 2 aromatic carbocycles. The molecule has 2 aliphatic heterocycles. The van der Waals surface area contributed by atoms with Crippen molar-refractivity contribution in [3.63, 3.8) is 0 Å². The van der Waals surface area contributed by atoms with E-state index in [1.54, 1.807) is 7.11 Å². The fraction of sp³-hybridized carbons (Fsp3) is 0.286. The number of likely N-dealkylation sites (N-methyl/N-ethyl adjacent to an activating group) is 1. The first-order chi connectivity index (χ1) is 16.3. The lowest BCUT2D eigenvalue weighted by molar-refractivity contribution is 0.415. The van der Waals surface area contributed by atoms with Gasteiger partial charge in [0.05, 0.1) is 30.4 Å². The molecule has 0 amide bonds. The van der Waals surface area contributed by atoms with Crippen LogP contribution in [0.15, 0.2) is 72.9 Å². The summed E-state index contributed by atoms with van der Waals surface area (Å²) < 4.78 is 5.51. The summed E-state index contributed by atoms with van der Waals surface area (Å²) in [4.78, 5) is 9.20. The SMILES string of the molecule is COc1cccc(N2C(=S)NC(c3ccccn3)C2c2ccc3c(c2)C(C)=CC(C)(C)N3C)c1. The van der Waals surface area contributed by atoms with Gasteiger partial charge >= 0.3 is 0 Å². The van der Waals surface area contributed by atoms with Crippen molar-refractivity contribution in [3.8, 4) is 5.75 Å². The fourth-order valence-electron chi connectivity index (χ4n) is 5.09. The molecule has 2 aliphatic rings. The summed E-state index contributed by atoms with van der Waals surface area (Å²) >= 11 is 5.88. The van der Waals surface area contributed by atoms with Crippen LogP contribution in [0.2, 0.25) is 0 Å². The summed E-state index contributed by atoms with van der Waals surface area (Å²) in [5.74, 6) is 0.799. The summed E-state index contributed by atoms with van der Waals surface area (Å²) in [5.41, 5.74) is 6.89. The maximum Gasteiger partial charge on any atom is 0.174 e. The van der Waals surface area contributed by atoms with Crippen LogP contribution in [0, 0.1) is 0 Å². The summed E-state index contributed by atoms with van der Waals surface area (Å²) in [6.45, 7) is 6.69. The Bertz CT molecular complexity index is 1270. The first-order valence-corrected chi connectivity index (χ1v) is 11.9. The molecule has 5 nitrogen and oxygen atoms in total. The van der Waals surface area contributed by atoms with E-state index in [0.717, 1.165) is 17.1 Å². The Balaban J connectivity index is 1.66. The van der Waals surface area contributed by atoms with Crippen molar-refractivity contribution in [1.82, 2.24) is 10.3 Å². The Morgan fingerprint density at radius 3 is 2.62 bits per heavy atom. The standard InChI is InChI=1S/C28H30N4OS/c1-18-17-28(2,3)31(4)24-13-12-19(15-22(18)24)26-25(23-11-6-7-14-29-23)30-27(34)32(26)20-9-8-10-21(16-20)33-5/h6-17,25-26H,1-5H3,(H,30,34). The molecule has 34 heavy (non-hydrogen) atoms. The number of thiocarbonyl (C=S) groups is 1. The van der Waals surface area contributed by atoms with Gasteiger partial charge < -0.3 is 19.9 Å². The topological polar surface area (TPSA) is 40.6 Å². The Kier molecular flexibility index (Phi) is 5.56. The average Bonchev–Trinajstić information content (AvgIpc) is 3.19. The molecule has 0 saturated carbocycles. The van der Waals surface area contributed by atoms with E-state index in [0.29, 0.717) is 5.11 Å². The van der Waals surface area contributed by atoms with E-state index in [1.807, 2.05) is 36.5 Å². The number of hydrogen-bond acceptors (Lipinski definition) is 4. The quantitative estimate of drug-likeness (QED) is 0.479. The lowest BCUT2D eigenvalue weighted by Gasteiger charge is -2.41. The molecule has 5 rings (SSSR count). The summed E-state index contributed by atoms with van der Waals surface area (Å²) in [6.07, 6.45) is 4.18. The fourth-order valence-corrected chi connectivity index (χ4v) is 5.44. The molecule has 3 aromatic rings. The van der Waals surface area contributed by atoms with E-state index < -0.39 is 0 Å². The van der Waals surface area contributed by atoms with Gasteiger partial charge in [-0.25, -0.2) is 0 Å². The van der Waals surface area contributed by atoms with Crippen molar-refractivity contribution in [2.75, 3.05) is 24.0 Å². The van der Waals surface area contributed by atoms with Gasteiger partial charge in [0.1, 0.15) is 5.75 Å². The van der Waals surface area contributed by atoms with E-state index in [2.05, 4.69) is 84.3 Å². The minimum absolute atomic E-state index is 0.0296. The van der Waals surface area contributed by atoms with Gasteiger partial charge in [0.25, 0.3) is 0 Å². The Hall–Kier alpha value is -3.38. The van der Waals surface area contributed by atoms with E-state index in [9.17, 15) is 0 Å². The first-order valence-electron chi connectivity index (χ1n) is 11.5. The number of nitrogens with zero attached hydrogens (tertiary/aromatic N) is 3. The molecule has 0 radical (unpaired) electrons. The zero-order valence-corrected chi connectivity index (χ0v) is 21.1. The van der Waals surface area contributed by atoms with Gasteiger partial charge in [-0.1, -0.05) is 24.3 Å². The highest BCUT2D eigenvalue weighted by Crippen LogP contribution is 2.45. The average molecular weight is 471 g/mol. The molecule has 2 atom stereocenters. The van der Waals surface area contributed by atoms with Crippen molar-refractivity contribution in [1.29, 1.82) is 0 Å². The molecule has 1 aromatic heterocycles. The lowest BCUT2D eigenvalue weighted by Crippen LogP contribution is -2.42. The van der Waals surface area contributed by atoms with Crippen LogP contribution in [0.1, 0.15) is 49.7 Å². The third kappa shape index (κ3) is 3.72. The summed E-state index contributed by atoms with van der Waals surface area (Å²) in [6, 6.07) is 20.7. The zero-order valence-electron chi connectivity index (χ0n) is 20.2. The predicted molar refractivity (Wildman–Crippen MR) is 144 cm³/mol. The predicted octanol–water partition coefficient (Wildman–Crippen LogP) is 5.90. The third-order valence-electron chi connectivity index (χ3n) is 7.01. The molecule has 3 heterocycles. The molecule has 0 bridgehead atoms. The number of nitrogens with one attached hydrogen (secondary N) is 1. The number of allylic oxidation sites excluding steroid dienone is 1. The van der Waals surface area contributed by atoms with Crippen molar-refractivity contribution in [2.45, 2.75) is 38.4 Å². The van der Waals surface area contributed by atoms with Crippen LogP contribution in [0.4, 0.5) is 11.4 Å². The number of pyridine rings is 1. The van der Waals surface area contributed by atoms with Crippen LogP contribution in [0.3, 0.4) is 0 Å². The maximum absolute atomic E-state index is 5.88. The highest BCUT2D eigenvalue weighted by atomic mass is 32.1. The Morgan fingerprint density at radius 1 is 1.06 bits per heavy atom. The summed E-state index contributed by atoms with van der Waals surface area (Å²) in [7, 11) is 3.84. The Labute approximate surface area is 207 Å². The number of benzene rings is 2. The van der Waals surface area contributed by atoms with Crippen molar-refractivity contribution in [2.24, 2.45) is 0 Å². The van der Waals surface area contributed by atoms with Gasteiger partial charge in [0, 0.05) is 36.2 Å². The second-order valence-electron chi connectivity index (χ2n) is 9.51. The molecule has 174 valence electrons. The van der Waals surface area contributed by atoms with E-state index >= 15 is 0 Å². The highest BCUT2D eigenvalue weighted by molar-refractivity contribution is 7.80. The van der Waals surface area contributed by atoms with Crippen molar-refractivity contribution >= 4 is 34.3 Å². The van der Waals surface area contributed by atoms with Gasteiger partial charge in [0.15, 0.2) is 5.11 Å². The van der Waals surface area contributed by atoms with Gasteiger partial charge in [-0.05, 0) is 80.5 Å². The maximum atomic E-state index is 5.88. The molecular weight excluding hydrogens is 440 g/mol. The molecule has 1 fully saturated rings. The molecule has 1 saturated heterocycles. The number of hydrogen-bond donors (Lipinski definition) is 1. The number of methoxy groups -OCH3 is 1. The largest absolute Gasteiger partial charge is 0.497 e. The molecule has 2 unspecified atom stereocenters. The van der Waals surface area contributed by atoms with Gasteiger partial charge in [-0.2, -0.15) is 0 Å². The lowest BCUT2D eigenvalue weighted by atomic mass is 9.86. The second-order valence-corrected chi connectivity index (χ2v) is 9.90. The minimum Gasteiger partial charge on any atom is -0.497 e. The monoisotopic (exact) mass is 470 g/mol. The number of ether oxygens (including phenoxy) is 1. The number of anilines is 2. The highest BCUT2D eigenvalue weighted by Gasteiger charge is 2.41. The third-order valence-corrected chi connectivity index (χ3v) is 7.33. The van der Waals surface area contributed by atoms with Gasteiger partial charge in [-0.15, -0.1) is 0 Å². The van der Waals surface area contributed by atoms with E-state index in [4.69, 9.17) is 17.0 Å². The summed E-state index contributed by atoms with van der Waals surface area (Å²) in [5, 5.41) is 4.22. The first kappa shape index (κ1) is 22.4. The number of aromatic nitrogens is 1. The van der Waals surface area contributed by atoms with Crippen LogP contribution >= 0.6 is 12.2 Å². The van der Waals surface area contributed by atoms with E-state index in [-0.39, 0.29) is 17.6 Å². The van der Waals surface area contributed by atoms with Gasteiger partial charge in [0.2, 0.25) is 0 Å². The van der Waals surface area contributed by atoms with Crippen LogP contribution < -0.4 is 19.9 Å². The van der Waals surface area contributed by atoms with Crippen LogP contribution in [-0.2, 0) is 0 Å². The zero-order chi connectivity index (χ0) is 24.0. The van der Waals surface area contributed by atoms with Crippen LogP contribution in [0.25, 0.3) is 5.57 Å². The minimum atomic E-state index is -0.0833. The van der Waals surface area contributed by atoms with E-state index in [1.165, 1.54) is 22.4 Å². The van der Waals surface area contributed by atoms with Crippen molar-refractivity contribution < 1.29 is 4.74 Å². The molecule has 0 aliphatic carbocycles. The number of fused-ring (bicyclic) bond motifs is 1. The van der Waals surface area contributed by atoms with Crippen LogP contribution in [-0.4, -0.2) is 29.8 Å². The Morgan fingerprint density at radius 2 is 1.88 bits per heavy atom. The second kappa shape index (κ2) is 8.44. The smallest absolute Gasteiger partial charge is 0.174 e.